The monoisotopic (exact) mass is 119 g/mol. The summed E-state index contributed by atoms with van der Waals surface area (Å²) in [4.78, 5) is 9.99. The lowest BCUT2D eigenvalue weighted by Crippen LogP contribution is -1.77. The van der Waals surface area contributed by atoms with Gasteiger partial charge in [0.1, 0.15) is 0 Å². The fourth-order valence-corrected chi connectivity index (χ4v) is 0.622. The van der Waals surface area contributed by atoms with E-state index in [9.17, 15) is 4.79 Å². The van der Waals surface area contributed by atoms with Crippen molar-refractivity contribution in [2.45, 2.75) is 6.92 Å². The van der Waals surface area contributed by atoms with E-state index >= 15 is 0 Å². The lowest BCUT2D eigenvalue weighted by molar-refractivity contribution is 0.563. The van der Waals surface area contributed by atoms with Crippen molar-refractivity contribution in [1.82, 2.24) is 0 Å². The summed E-state index contributed by atoms with van der Waals surface area (Å²) >= 11 is 0. The number of carbonyl (C=O) groups excluding carboxylic acids is 1. The van der Waals surface area contributed by atoms with Gasteiger partial charge in [0.2, 0.25) is 0 Å². The summed E-state index contributed by atoms with van der Waals surface area (Å²) in [6, 6.07) is 7.28. The van der Waals surface area contributed by atoms with Gasteiger partial charge < -0.3 is 4.79 Å². The van der Waals surface area contributed by atoms with Gasteiger partial charge in [-0.3, -0.25) is 0 Å². The molecular formula is C8H7O-. The highest BCUT2D eigenvalue weighted by Gasteiger charge is 1.76. The highest BCUT2D eigenvalue weighted by Crippen LogP contribution is 1.98. The van der Waals surface area contributed by atoms with Crippen LogP contribution in [0.4, 0.5) is 0 Å². The lowest BCUT2D eigenvalue weighted by atomic mass is 10.2. The lowest BCUT2D eigenvalue weighted by Gasteiger charge is -1.97. The minimum atomic E-state index is 0.612. The van der Waals surface area contributed by atoms with Crippen molar-refractivity contribution in [3.8, 4) is 0 Å². The molecule has 0 aliphatic heterocycles. The maximum Gasteiger partial charge on any atom is 0.0627 e. The first-order valence-corrected chi connectivity index (χ1v) is 2.78. The molecule has 1 aromatic carbocycles. The second-order valence-corrected chi connectivity index (χ2v) is 1.97. The number of hydrogen-bond donors (Lipinski definition) is 0. The topological polar surface area (TPSA) is 17.1 Å². The average molecular weight is 119 g/mol. The number of benzene rings is 1. The van der Waals surface area contributed by atoms with Gasteiger partial charge in [0.05, 0.1) is 6.29 Å². The van der Waals surface area contributed by atoms with Gasteiger partial charge in [-0.25, -0.2) is 0 Å². The summed E-state index contributed by atoms with van der Waals surface area (Å²) < 4.78 is 0. The summed E-state index contributed by atoms with van der Waals surface area (Å²) in [5.41, 5.74) is 1.77. The van der Waals surface area contributed by atoms with Crippen molar-refractivity contribution in [2.24, 2.45) is 0 Å². The van der Waals surface area contributed by atoms with Crippen LogP contribution in [0.1, 0.15) is 11.1 Å². The Kier molecular flexibility index (Phi) is 1.63. The molecule has 1 aromatic rings. The van der Waals surface area contributed by atoms with Crippen LogP contribution in [-0.4, -0.2) is 6.29 Å². The van der Waals surface area contributed by atoms with E-state index in [0.29, 0.717) is 5.56 Å². The van der Waals surface area contributed by atoms with Gasteiger partial charge in [-0.2, -0.15) is 17.7 Å². The molecule has 46 valence electrons. The molecule has 0 bridgehead atoms. The Labute approximate surface area is 54.3 Å². The molecule has 0 aromatic heterocycles. The van der Waals surface area contributed by atoms with E-state index in [1.165, 1.54) is 0 Å². The van der Waals surface area contributed by atoms with Crippen LogP contribution in [0.25, 0.3) is 0 Å². The molecule has 0 saturated heterocycles. The Balaban J connectivity index is 3.01. The van der Waals surface area contributed by atoms with Crippen LogP contribution in [0.3, 0.4) is 0 Å². The van der Waals surface area contributed by atoms with Crippen molar-refractivity contribution >= 4 is 6.29 Å². The molecule has 0 atom stereocenters. The summed E-state index contributed by atoms with van der Waals surface area (Å²) in [5, 5.41) is 0. The highest BCUT2D eigenvalue weighted by atomic mass is 16.1. The molecule has 1 nitrogen and oxygen atoms in total. The first kappa shape index (κ1) is 6.02. The second-order valence-electron chi connectivity index (χ2n) is 1.97. The van der Waals surface area contributed by atoms with Crippen LogP contribution in [0, 0.1) is 6.92 Å². The van der Waals surface area contributed by atoms with Crippen molar-refractivity contribution < 1.29 is 4.79 Å². The predicted octanol–water partition coefficient (Wildman–Crippen LogP) is 1.45. The van der Waals surface area contributed by atoms with E-state index < -0.39 is 0 Å². The zero-order valence-electron chi connectivity index (χ0n) is 5.22. The Bertz CT molecular complexity index is 198. The third-order valence-corrected chi connectivity index (χ3v) is 1.17. The summed E-state index contributed by atoms with van der Waals surface area (Å²) in [6.45, 7) is 1.98. The van der Waals surface area contributed by atoms with Gasteiger partial charge in [0, 0.05) is 0 Å². The van der Waals surface area contributed by atoms with Crippen molar-refractivity contribution in [3.63, 3.8) is 0 Å². The van der Waals surface area contributed by atoms with E-state index in [1.807, 2.05) is 19.1 Å². The molecule has 0 spiro atoms. The van der Waals surface area contributed by atoms with Crippen LogP contribution in [0.2, 0.25) is 0 Å². The van der Waals surface area contributed by atoms with Crippen LogP contribution >= 0.6 is 0 Å². The third-order valence-electron chi connectivity index (χ3n) is 1.17. The molecular weight excluding hydrogens is 112 g/mol. The molecule has 0 saturated carbocycles. The first-order chi connectivity index (χ1) is 4.33. The molecule has 0 N–H and O–H groups in total. The number of aryl methyl sites for hydroxylation is 1. The van der Waals surface area contributed by atoms with E-state index in [1.54, 1.807) is 18.4 Å². The number of hydrogen-bond acceptors (Lipinski definition) is 1. The maximum absolute atomic E-state index is 9.99. The fourth-order valence-electron chi connectivity index (χ4n) is 0.622. The molecule has 0 aliphatic carbocycles. The largest absolute Gasteiger partial charge is 0.376 e. The van der Waals surface area contributed by atoms with Crippen LogP contribution in [-0.2, 0) is 4.79 Å². The molecule has 0 aliphatic rings. The SMILES string of the molecule is Cc1ccc([C-]=O)cc1. The number of rotatable bonds is 1. The third kappa shape index (κ3) is 1.39. The fraction of sp³-hybridized carbons (Fsp3) is 0.125. The highest BCUT2D eigenvalue weighted by molar-refractivity contribution is 5.75. The standard InChI is InChI=1S/C8H7O/c1-7-2-4-8(6-9)5-3-7/h2-5H,1H3/q-1. The van der Waals surface area contributed by atoms with Gasteiger partial charge in [-0.05, 0) is 6.92 Å². The van der Waals surface area contributed by atoms with Gasteiger partial charge in [0.25, 0.3) is 0 Å². The van der Waals surface area contributed by atoms with Gasteiger partial charge in [-0.15, -0.1) is 12.1 Å². The molecule has 9 heavy (non-hydrogen) atoms. The first-order valence-electron chi connectivity index (χ1n) is 2.78. The van der Waals surface area contributed by atoms with Crippen molar-refractivity contribution in [2.75, 3.05) is 0 Å². The zero-order valence-corrected chi connectivity index (χ0v) is 5.22. The Morgan fingerprint density at radius 3 is 2.22 bits per heavy atom. The van der Waals surface area contributed by atoms with E-state index in [2.05, 4.69) is 0 Å². The normalized spacial score (nSPS) is 9.00. The van der Waals surface area contributed by atoms with Gasteiger partial charge in [0.15, 0.2) is 0 Å². The van der Waals surface area contributed by atoms with Crippen molar-refractivity contribution in [3.05, 3.63) is 35.4 Å². The van der Waals surface area contributed by atoms with Gasteiger partial charge >= 0.3 is 0 Å². The summed E-state index contributed by atoms with van der Waals surface area (Å²) in [7, 11) is 0. The second kappa shape index (κ2) is 2.44. The smallest absolute Gasteiger partial charge is 0.0627 e. The molecule has 0 amide bonds. The predicted molar refractivity (Wildman–Crippen MR) is 36.0 cm³/mol. The Hall–Kier alpha value is -1.11. The minimum absolute atomic E-state index is 0.612. The minimum Gasteiger partial charge on any atom is -0.376 e. The summed E-state index contributed by atoms with van der Waals surface area (Å²) in [6.07, 6.45) is 1.80. The van der Waals surface area contributed by atoms with Crippen LogP contribution in [0.15, 0.2) is 24.3 Å². The van der Waals surface area contributed by atoms with Crippen LogP contribution in [0.5, 0.6) is 0 Å². The van der Waals surface area contributed by atoms with Gasteiger partial charge in [-0.1, -0.05) is 5.56 Å². The zero-order chi connectivity index (χ0) is 6.69. The molecule has 0 unspecified atom stereocenters. The molecule has 0 fully saturated rings. The summed E-state index contributed by atoms with van der Waals surface area (Å²) in [5.74, 6) is 0. The Morgan fingerprint density at radius 2 is 1.78 bits per heavy atom. The van der Waals surface area contributed by atoms with E-state index in [0.717, 1.165) is 5.56 Å². The maximum atomic E-state index is 9.99. The van der Waals surface area contributed by atoms with E-state index in [-0.39, 0.29) is 0 Å². The quantitative estimate of drug-likeness (QED) is 0.511. The Morgan fingerprint density at radius 1 is 1.22 bits per heavy atom. The van der Waals surface area contributed by atoms with Crippen molar-refractivity contribution in [1.29, 1.82) is 0 Å². The van der Waals surface area contributed by atoms with Crippen LogP contribution < -0.4 is 0 Å². The average Bonchev–Trinajstić information content (AvgIpc) is 1.90. The molecule has 1 rings (SSSR count). The van der Waals surface area contributed by atoms with E-state index in [4.69, 9.17) is 0 Å². The molecule has 1 heteroatoms. The molecule has 0 radical (unpaired) electrons. The molecule has 0 heterocycles.